The maximum atomic E-state index is 11.6. The second-order valence-electron chi connectivity index (χ2n) is 3.38. The van der Waals surface area contributed by atoms with Gasteiger partial charge < -0.3 is 19.8 Å². The van der Waals surface area contributed by atoms with Crippen molar-refractivity contribution in [2.24, 2.45) is 0 Å². The van der Waals surface area contributed by atoms with E-state index in [9.17, 15) is 9.59 Å². The fraction of sp³-hybridized carbons (Fsp3) is 0.556. The first kappa shape index (κ1) is 12.9. The zero-order valence-electron chi connectivity index (χ0n) is 9.58. The van der Waals surface area contributed by atoms with Crippen LogP contribution in [0.5, 0.6) is 0 Å². The molecule has 2 N–H and O–H groups in total. The van der Waals surface area contributed by atoms with Gasteiger partial charge in [-0.1, -0.05) is 12.1 Å². The highest BCUT2D eigenvalue weighted by Gasteiger charge is 2.24. The lowest BCUT2D eigenvalue weighted by atomic mass is 10.2. The minimum atomic E-state index is -1.04. The molecule has 0 radical (unpaired) electrons. The molecule has 2 amide bonds. The van der Waals surface area contributed by atoms with E-state index < -0.39 is 18.0 Å². The molecular formula is C9H14N4O4. The summed E-state index contributed by atoms with van der Waals surface area (Å²) in [7, 11) is 1.42. The van der Waals surface area contributed by atoms with E-state index >= 15 is 0 Å². The Morgan fingerprint density at radius 3 is 2.82 bits per heavy atom. The van der Waals surface area contributed by atoms with Gasteiger partial charge in [-0.05, 0) is 6.42 Å². The Bertz CT molecular complexity index is 378. The van der Waals surface area contributed by atoms with Gasteiger partial charge >= 0.3 is 12.0 Å². The minimum Gasteiger partial charge on any atom is -0.480 e. The van der Waals surface area contributed by atoms with E-state index in [1.165, 1.54) is 7.05 Å². The normalized spacial score (nSPS) is 11.9. The second kappa shape index (κ2) is 5.83. The molecule has 0 spiro atoms. The van der Waals surface area contributed by atoms with Gasteiger partial charge in [0.25, 0.3) is 0 Å². The minimum absolute atomic E-state index is 0.0930. The predicted molar refractivity (Wildman–Crippen MR) is 56.0 cm³/mol. The van der Waals surface area contributed by atoms with Crippen LogP contribution >= 0.6 is 0 Å². The third-order valence-electron chi connectivity index (χ3n) is 2.26. The SMILES string of the molecule is CCC(C(=O)O)N(C)C(=O)NCc1ncon1. The van der Waals surface area contributed by atoms with Crippen molar-refractivity contribution in [1.29, 1.82) is 0 Å². The number of likely N-dealkylation sites (N-methyl/N-ethyl adjacent to an activating group) is 1. The number of rotatable bonds is 5. The molecule has 1 aromatic rings. The first-order chi connectivity index (χ1) is 8.06. The van der Waals surface area contributed by atoms with Crippen LogP contribution in [0, 0.1) is 0 Å². The second-order valence-corrected chi connectivity index (χ2v) is 3.38. The molecule has 1 atom stereocenters. The van der Waals surface area contributed by atoms with Crippen molar-refractivity contribution in [2.75, 3.05) is 7.05 Å². The van der Waals surface area contributed by atoms with E-state index in [1.807, 2.05) is 0 Å². The van der Waals surface area contributed by atoms with Crippen molar-refractivity contribution in [3.63, 3.8) is 0 Å². The maximum absolute atomic E-state index is 11.6. The summed E-state index contributed by atoms with van der Waals surface area (Å²) in [5, 5.41) is 14.9. The summed E-state index contributed by atoms with van der Waals surface area (Å²) in [5.74, 6) is -0.708. The molecule has 8 heteroatoms. The molecule has 0 aliphatic heterocycles. The van der Waals surface area contributed by atoms with Gasteiger partial charge in [0, 0.05) is 7.05 Å². The predicted octanol–water partition coefficient (Wildman–Crippen LogP) is 0.0742. The Balaban J connectivity index is 2.49. The summed E-state index contributed by atoms with van der Waals surface area (Å²) in [5.41, 5.74) is 0. The topological polar surface area (TPSA) is 109 Å². The van der Waals surface area contributed by atoms with Crippen LogP contribution in [-0.4, -0.2) is 45.2 Å². The van der Waals surface area contributed by atoms with Crippen molar-refractivity contribution >= 4 is 12.0 Å². The number of nitrogens with one attached hydrogen (secondary N) is 1. The molecular weight excluding hydrogens is 228 g/mol. The fourth-order valence-corrected chi connectivity index (χ4v) is 1.31. The van der Waals surface area contributed by atoms with Gasteiger partial charge in [0.05, 0.1) is 6.54 Å². The van der Waals surface area contributed by atoms with Crippen molar-refractivity contribution in [3.8, 4) is 0 Å². The number of hydrogen-bond acceptors (Lipinski definition) is 5. The number of urea groups is 1. The lowest BCUT2D eigenvalue weighted by molar-refractivity contribution is -0.141. The lowest BCUT2D eigenvalue weighted by Gasteiger charge is -2.23. The van der Waals surface area contributed by atoms with Crippen LogP contribution < -0.4 is 5.32 Å². The monoisotopic (exact) mass is 242 g/mol. The van der Waals surface area contributed by atoms with Gasteiger partial charge in [-0.3, -0.25) is 0 Å². The third-order valence-corrected chi connectivity index (χ3v) is 2.26. The van der Waals surface area contributed by atoms with Crippen LogP contribution in [0.25, 0.3) is 0 Å². The Hall–Kier alpha value is -2.12. The molecule has 0 bridgehead atoms. The first-order valence-corrected chi connectivity index (χ1v) is 5.05. The van der Waals surface area contributed by atoms with Gasteiger partial charge in [0.1, 0.15) is 6.04 Å². The summed E-state index contributed by atoms with van der Waals surface area (Å²) < 4.78 is 4.49. The zero-order chi connectivity index (χ0) is 12.8. The number of hydrogen-bond donors (Lipinski definition) is 2. The van der Waals surface area contributed by atoms with Crippen LogP contribution in [0.3, 0.4) is 0 Å². The summed E-state index contributed by atoms with van der Waals surface area (Å²) >= 11 is 0. The molecule has 0 saturated heterocycles. The molecule has 0 fully saturated rings. The van der Waals surface area contributed by atoms with E-state index in [4.69, 9.17) is 5.11 Å². The molecule has 0 saturated carbocycles. The van der Waals surface area contributed by atoms with Crippen LogP contribution in [0.1, 0.15) is 19.2 Å². The van der Waals surface area contributed by atoms with Crippen molar-refractivity contribution in [1.82, 2.24) is 20.4 Å². The number of carboxylic acid groups (broad SMARTS) is 1. The average Bonchev–Trinajstić information content (AvgIpc) is 2.78. The molecule has 1 aromatic heterocycles. The Morgan fingerprint density at radius 2 is 2.35 bits per heavy atom. The number of amides is 2. The van der Waals surface area contributed by atoms with Gasteiger partial charge in [0.15, 0.2) is 5.82 Å². The lowest BCUT2D eigenvalue weighted by Crippen LogP contribution is -2.46. The number of nitrogens with zero attached hydrogens (tertiary/aromatic N) is 3. The van der Waals surface area contributed by atoms with Gasteiger partial charge in [-0.25, -0.2) is 9.59 Å². The van der Waals surface area contributed by atoms with Crippen LogP contribution in [0.2, 0.25) is 0 Å². The molecule has 8 nitrogen and oxygen atoms in total. The smallest absolute Gasteiger partial charge is 0.326 e. The van der Waals surface area contributed by atoms with E-state index in [2.05, 4.69) is 20.0 Å². The van der Waals surface area contributed by atoms with E-state index in [0.29, 0.717) is 12.2 Å². The quantitative estimate of drug-likeness (QED) is 0.756. The highest BCUT2D eigenvalue weighted by molar-refractivity contribution is 5.82. The Kier molecular flexibility index (Phi) is 4.44. The molecule has 0 aliphatic rings. The molecule has 0 aromatic carbocycles. The van der Waals surface area contributed by atoms with Crippen LogP contribution in [-0.2, 0) is 11.3 Å². The average molecular weight is 242 g/mol. The van der Waals surface area contributed by atoms with E-state index in [-0.39, 0.29) is 6.54 Å². The zero-order valence-corrected chi connectivity index (χ0v) is 9.58. The van der Waals surface area contributed by atoms with Crippen molar-refractivity contribution in [3.05, 3.63) is 12.2 Å². The van der Waals surface area contributed by atoms with Crippen LogP contribution in [0.15, 0.2) is 10.9 Å². The first-order valence-electron chi connectivity index (χ1n) is 5.05. The number of aromatic nitrogens is 2. The van der Waals surface area contributed by atoms with E-state index in [0.717, 1.165) is 11.3 Å². The maximum Gasteiger partial charge on any atom is 0.326 e. The molecule has 1 heterocycles. The highest BCUT2D eigenvalue weighted by Crippen LogP contribution is 2.02. The summed E-state index contributed by atoms with van der Waals surface area (Å²) in [4.78, 5) is 27.3. The Morgan fingerprint density at radius 1 is 1.65 bits per heavy atom. The van der Waals surface area contributed by atoms with Gasteiger partial charge in [-0.2, -0.15) is 4.98 Å². The van der Waals surface area contributed by atoms with Gasteiger partial charge in [0.2, 0.25) is 6.39 Å². The number of carbonyl (C=O) groups is 2. The van der Waals surface area contributed by atoms with Gasteiger partial charge in [-0.15, -0.1) is 0 Å². The number of carboxylic acids is 1. The highest BCUT2D eigenvalue weighted by atomic mass is 16.5. The molecule has 0 aliphatic carbocycles. The third kappa shape index (κ3) is 3.44. The van der Waals surface area contributed by atoms with Crippen molar-refractivity contribution in [2.45, 2.75) is 25.9 Å². The fourth-order valence-electron chi connectivity index (χ4n) is 1.31. The Labute approximate surface area is 97.6 Å². The molecule has 17 heavy (non-hydrogen) atoms. The summed E-state index contributed by atoms with van der Waals surface area (Å²) in [6.07, 6.45) is 1.48. The summed E-state index contributed by atoms with van der Waals surface area (Å²) in [6.45, 7) is 1.79. The van der Waals surface area contributed by atoms with E-state index in [1.54, 1.807) is 6.92 Å². The van der Waals surface area contributed by atoms with Crippen LogP contribution in [0.4, 0.5) is 4.79 Å². The standard InChI is InChI=1S/C9H14N4O4/c1-3-6(8(14)15)13(2)9(16)10-4-7-11-5-17-12-7/h5-6H,3-4H2,1-2H3,(H,10,16)(H,14,15). The molecule has 94 valence electrons. The molecule has 1 rings (SSSR count). The summed E-state index contributed by atoms with van der Waals surface area (Å²) in [6, 6.07) is -1.34. The largest absolute Gasteiger partial charge is 0.480 e. The molecule has 1 unspecified atom stereocenters. The number of aliphatic carboxylic acids is 1. The van der Waals surface area contributed by atoms with Crippen molar-refractivity contribution < 1.29 is 19.2 Å². The number of carbonyl (C=O) groups excluding carboxylic acids is 1.